The normalized spacial score (nSPS) is 11.7. The van der Waals surface area contributed by atoms with Crippen molar-refractivity contribution in [3.63, 3.8) is 0 Å². The van der Waals surface area contributed by atoms with E-state index < -0.39 is 23.3 Å². The third kappa shape index (κ3) is 4.26. The van der Waals surface area contributed by atoms with Gasteiger partial charge >= 0.3 is 6.18 Å². The summed E-state index contributed by atoms with van der Waals surface area (Å²) in [7, 11) is 0. The molecule has 1 amide bonds. The number of nitrogens with one attached hydrogen (secondary N) is 2. The summed E-state index contributed by atoms with van der Waals surface area (Å²) < 4.78 is 47.7. The van der Waals surface area contributed by atoms with E-state index in [-0.39, 0.29) is 34.1 Å². The number of H-pyrrole nitrogens is 1. The van der Waals surface area contributed by atoms with Gasteiger partial charge in [0.2, 0.25) is 0 Å². The van der Waals surface area contributed by atoms with Crippen LogP contribution in [0.1, 0.15) is 35.6 Å². The average molecular weight is 470 g/mol. The summed E-state index contributed by atoms with van der Waals surface area (Å²) in [4.78, 5) is 29.0. The Hall–Kier alpha value is -4.08. The molecule has 0 aliphatic heterocycles. The Balaban J connectivity index is 1.86. The summed E-state index contributed by atoms with van der Waals surface area (Å²) in [5.41, 5.74) is -2.32. The first-order valence-electron chi connectivity index (χ1n) is 10.4. The molecule has 0 spiro atoms. The molecule has 0 unspecified atom stereocenters. The SMILES string of the molecule is Cc1[nH]c2c(-c3ccccc3)c(C(F)(F)F)nn2c(=O)c1C(=O)Nc1ccccc1OC(C)C. The number of alkyl halides is 3. The minimum atomic E-state index is -4.82. The number of halogens is 3. The van der Waals surface area contributed by atoms with Crippen LogP contribution in [0.5, 0.6) is 5.75 Å². The van der Waals surface area contributed by atoms with Crippen LogP contribution >= 0.6 is 0 Å². The maximum atomic E-state index is 13.8. The highest BCUT2D eigenvalue weighted by Crippen LogP contribution is 2.38. The van der Waals surface area contributed by atoms with E-state index in [1.54, 1.807) is 42.5 Å². The topological polar surface area (TPSA) is 88.5 Å². The number of aromatic amines is 1. The molecule has 0 aliphatic rings. The van der Waals surface area contributed by atoms with Crippen molar-refractivity contribution in [2.45, 2.75) is 33.1 Å². The molecule has 2 heterocycles. The Morgan fingerprint density at radius 1 is 1.09 bits per heavy atom. The van der Waals surface area contributed by atoms with Crippen LogP contribution in [0, 0.1) is 6.92 Å². The monoisotopic (exact) mass is 470 g/mol. The largest absolute Gasteiger partial charge is 0.489 e. The molecule has 4 aromatic rings. The highest BCUT2D eigenvalue weighted by molar-refractivity contribution is 6.05. The lowest BCUT2D eigenvalue weighted by Gasteiger charge is -2.15. The number of benzene rings is 2. The van der Waals surface area contributed by atoms with Crippen LogP contribution in [0.15, 0.2) is 59.4 Å². The van der Waals surface area contributed by atoms with Crippen LogP contribution in [-0.4, -0.2) is 26.6 Å². The van der Waals surface area contributed by atoms with Gasteiger partial charge in [-0.05, 0) is 38.5 Å². The van der Waals surface area contributed by atoms with Crippen molar-refractivity contribution in [1.29, 1.82) is 0 Å². The summed E-state index contributed by atoms with van der Waals surface area (Å²) in [6.07, 6.45) is -4.98. The van der Waals surface area contributed by atoms with Crippen LogP contribution in [0.3, 0.4) is 0 Å². The molecular weight excluding hydrogens is 449 g/mol. The van der Waals surface area contributed by atoms with Crippen molar-refractivity contribution in [3.8, 4) is 16.9 Å². The number of hydrogen-bond donors (Lipinski definition) is 2. The predicted octanol–water partition coefficient (Wildman–Crippen LogP) is 5.06. The molecular formula is C24H21F3N4O3. The molecule has 0 bridgehead atoms. The van der Waals surface area contributed by atoms with Crippen LogP contribution in [0.2, 0.25) is 0 Å². The van der Waals surface area contributed by atoms with Gasteiger partial charge in [-0.25, -0.2) is 0 Å². The van der Waals surface area contributed by atoms with Crippen molar-refractivity contribution in [2.24, 2.45) is 0 Å². The number of ether oxygens (including phenoxy) is 1. The Morgan fingerprint density at radius 3 is 2.38 bits per heavy atom. The molecule has 0 radical (unpaired) electrons. The van der Waals surface area contributed by atoms with E-state index in [9.17, 15) is 22.8 Å². The summed E-state index contributed by atoms with van der Waals surface area (Å²) >= 11 is 0. The van der Waals surface area contributed by atoms with E-state index in [2.05, 4.69) is 15.4 Å². The fraction of sp³-hybridized carbons (Fsp3) is 0.208. The van der Waals surface area contributed by atoms with E-state index in [0.717, 1.165) is 0 Å². The first-order chi connectivity index (χ1) is 16.1. The molecule has 0 aliphatic carbocycles. The zero-order valence-electron chi connectivity index (χ0n) is 18.5. The number of carbonyl (C=O) groups is 1. The van der Waals surface area contributed by atoms with Crippen LogP contribution in [0.4, 0.5) is 18.9 Å². The smallest absolute Gasteiger partial charge is 0.435 e. The van der Waals surface area contributed by atoms with Gasteiger partial charge in [0.05, 0.1) is 17.4 Å². The molecule has 0 saturated carbocycles. The second-order valence-corrected chi connectivity index (χ2v) is 7.89. The van der Waals surface area contributed by atoms with Gasteiger partial charge in [0.25, 0.3) is 11.5 Å². The van der Waals surface area contributed by atoms with E-state index >= 15 is 0 Å². The molecule has 2 N–H and O–H groups in total. The molecule has 0 fully saturated rings. The van der Waals surface area contributed by atoms with Crippen LogP contribution in [0.25, 0.3) is 16.8 Å². The van der Waals surface area contributed by atoms with Crippen molar-refractivity contribution in [2.75, 3.05) is 5.32 Å². The molecule has 2 aromatic carbocycles. The molecule has 4 rings (SSSR count). The van der Waals surface area contributed by atoms with Gasteiger partial charge in [-0.15, -0.1) is 0 Å². The van der Waals surface area contributed by atoms with E-state index in [4.69, 9.17) is 4.74 Å². The standard InChI is InChI=1S/C24H21F3N4O3/c1-13(2)34-17-12-8-7-11-16(17)29-22(32)18-14(3)28-21-19(15-9-5-4-6-10-15)20(24(25,26)27)30-31(21)23(18)33/h4-13,28H,1-3H3,(H,29,32). The average Bonchev–Trinajstić information content (AvgIpc) is 3.15. The van der Waals surface area contributed by atoms with Crippen molar-refractivity contribution >= 4 is 17.2 Å². The first kappa shape index (κ1) is 23.1. The van der Waals surface area contributed by atoms with E-state index in [1.165, 1.54) is 19.1 Å². The highest BCUT2D eigenvalue weighted by atomic mass is 19.4. The van der Waals surface area contributed by atoms with Crippen LogP contribution < -0.4 is 15.6 Å². The van der Waals surface area contributed by atoms with Crippen molar-refractivity contribution in [3.05, 3.63) is 81.9 Å². The number of rotatable bonds is 5. The second kappa shape index (κ2) is 8.69. The molecule has 10 heteroatoms. The predicted molar refractivity (Wildman–Crippen MR) is 121 cm³/mol. The summed E-state index contributed by atoms with van der Waals surface area (Å²) in [5, 5.41) is 6.17. The third-order valence-corrected chi connectivity index (χ3v) is 5.03. The number of amides is 1. The number of carbonyl (C=O) groups excluding carboxylic acids is 1. The van der Waals surface area contributed by atoms with Gasteiger partial charge in [-0.2, -0.15) is 22.8 Å². The Labute approximate surface area is 192 Å². The molecule has 2 aromatic heterocycles. The number of para-hydroxylation sites is 2. The highest BCUT2D eigenvalue weighted by Gasteiger charge is 2.39. The lowest BCUT2D eigenvalue weighted by molar-refractivity contribution is -0.140. The minimum absolute atomic E-state index is 0.100. The number of anilines is 1. The van der Waals surface area contributed by atoms with Crippen molar-refractivity contribution in [1.82, 2.24) is 14.6 Å². The quantitative estimate of drug-likeness (QED) is 0.427. The summed E-state index contributed by atoms with van der Waals surface area (Å²) in [6.45, 7) is 5.09. The first-order valence-corrected chi connectivity index (χ1v) is 10.4. The molecule has 176 valence electrons. The van der Waals surface area contributed by atoms with Gasteiger partial charge in [-0.1, -0.05) is 42.5 Å². The second-order valence-electron chi connectivity index (χ2n) is 7.89. The number of aromatic nitrogens is 3. The van der Waals surface area contributed by atoms with E-state index in [0.29, 0.717) is 16.0 Å². The number of fused-ring (bicyclic) bond motifs is 1. The van der Waals surface area contributed by atoms with Gasteiger partial charge in [0, 0.05) is 5.69 Å². The maximum Gasteiger partial charge on any atom is 0.435 e. The minimum Gasteiger partial charge on any atom is -0.489 e. The zero-order valence-corrected chi connectivity index (χ0v) is 18.5. The maximum absolute atomic E-state index is 13.8. The Bertz CT molecular complexity index is 1420. The number of nitrogens with zero attached hydrogens (tertiary/aromatic N) is 2. The van der Waals surface area contributed by atoms with Gasteiger partial charge in [0.1, 0.15) is 17.0 Å². The molecule has 34 heavy (non-hydrogen) atoms. The molecule has 7 nitrogen and oxygen atoms in total. The van der Waals surface area contributed by atoms with Crippen molar-refractivity contribution < 1.29 is 22.7 Å². The fourth-order valence-corrected chi connectivity index (χ4v) is 3.64. The van der Waals surface area contributed by atoms with E-state index in [1.807, 2.05) is 13.8 Å². The lowest BCUT2D eigenvalue weighted by atomic mass is 10.1. The molecule has 0 atom stereocenters. The third-order valence-electron chi connectivity index (χ3n) is 5.03. The number of hydrogen-bond acceptors (Lipinski definition) is 4. The van der Waals surface area contributed by atoms with Crippen LogP contribution in [-0.2, 0) is 6.18 Å². The lowest BCUT2D eigenvalue weighted by Crippen LogP contribution is -2.29. The molecule has 0 saturated heterocycles. The summed E-state index contributed by atoms with van der Waals surface area (Å²) in [6, 6.07) is 14.5. The Kier molecular flexibility index (Phi) is 5.90. The summed E-state index contributed by atoms with van der Waals surface area (Å²) in [5.74, 6) is -0.406. The van der Waals surface area contributed by atoms with Gasteiger partial charge in [-0.3, -0.25) is 9.59 Å². The fourth-order valence-electron chi connectivity index (χ4n) is 3.64. The number of aryl methyl sites for hydroxylation is 1. The van der Waals surface area contributed by atoms with Gasteiger partial charge in [0.15, 0.2) is 5.69 Å². The Morgan fingerprint density at radius 2 is 1.74 bits per heavy atom. The van der Waals surface area contributed by atoms with Gasteiger partial charge < -0.3 is 15.0 Å². The zero-order chi connectivity index (χ0) is 24.6.